The monoisotopic (exact) mass is 194 g/mol. The zero-order valence-corrected chi connectivity index (χ0v) is 7.54. The molecule has 0 saturated carbocycles. The van der Waals surface area contributed by atoms with Gasteiger partial charge in [0.05, 0.1) is 0 Å². The first-order valence-corrected chi connectivity index (χ1v) is 4.57. The molecule has 0 bridgehead atoms. The van der Waals surface area contributed by atoms with Crippen LogP contribution in [0, 0.1) is 0 Å². The maximum absolute atomic E-state index is 3.63. The van der Waals surface area contributed by atoms with Gasteiger partial charge in [0.1, 0.15) is 0 Å². The van der Waals surface area contributed by atoms with Gasteiger partial charge in [-0.25, -0.2) is 0 Å². The van der Waals surface area contributed by atoms with Gasteiger partial charge in [0.2, 0.25) is 0 Å². The van der Waals surface area contributed by atoms with Gasteiger partial charge < -0.3 is 0 Å². The molecule has 0 N–H and O–H groups in total. The molecular weight excluding hydrogens is 183 g/mol. The van der Waals surface area contributed by atoms with Crippen molar-refractivity contribution in [2.24, 2.45) is 0 Å². The van der Waals surface area contributed by atoms with Crippen molar-refractivity contribution >= 4 is 31.1 Å². The predicted octanol–water partition coefficient (Wildman–Crippen LogP) is 1.61. The Hall–Kier alpha value is 0.479. The van der Waals surface area contributed by atoms with E-state index in [-0.39, 0.29) is 0 Å². The van der Waals surface area contributed by atoms with E-state index < -0.39 is 0 Å². The molecule has 0 rings (SSSR count). The van der Waals surface area contributed by atoms with Crippen LogP contribution in [0.5, 0.6) is 0 Å². The summed E-state index contributed by atoms with van der Waals surface area (Å²) in [5.74, 6) is 0. The van der Waals surface area contributed by atoms with Gasteiger partial charge in [0.25, 0.3) is 0 Å². The van der Waals surface area contributed by atoms with Crippen LogP contribution in [0.3, 0.4) is 0 Å². The van der Waals surface area contributed by atoms with Crippen LogP contribution in [-0.4, -0.2) is 25.6 Å². The van der Waals surface area contributed by atoms with Gasteiger partial charge in [0.15, 0.2) is 0 Å². The van der Waals surface area contributed by atoms with Crippen LogP contribution < -0.4 is 0 Å². The van der Waals surface area contributed by atoms with E-state index in [1.165, 1.54) is 3.75 Å². The van der Waals surface area contributed by atoms with E-state index in [1.54, 1.807) is 11.8 Å². The van der Waals surface area contributed by atoms with E-state index in [2.05, 4.69) is 28.4 Å². The third-order valence-corrected chi connectivity index (χ3v) is 2.92. The Morgan fingerprint density at radius 3 is 2.88 bits per heavy atom. The summed E-state index contributed by atoms with van der Waals surface area (Å²) in [7, 11) is 0. The van der Waals surface area contributed by atoms with Crippen molar-refractivity contribution in [3.63, 3.8) is 0 Å². The second-order valence-electron chi connectivity index (χ2n) is 1.40. The average molecular weight is 193 g/mol. The molecule has 0 nitrogen and oxygen atoms in total. The fourth-order valence-electron chi connectivity index (χ4n) is 0.322. The van der Waals surface area contributed by atoms with E-state index in [0.717, 1.165) is 12.8 Å². The molecule has 8 heavy (non-hydrogen) atoms. The minimum atomic E-state index is 1.09. The van der Waals surface area contributed by atoms with Crippen molar-refractivity contribution < 1.29 is 0 Å². The van der Waals surface area contributed by atoms with Crippen LogP contribution in [0.25, 0.3) is 0 Å². The van der Waals surface area contributed by atoms with Gasteiger partial charge in [-0.1, -0.05) is 0 Å². The Balaban J connectivity index is 3.11. The van der Waals surface area contributed by atoms with Crippen LogP contribution in [0.15, 0.2) is 12.7 Å². The Labute approximate surface area is 63.1 Å². The van der Waals surface area contributed by atoms with E-state index in [0.29, 0.717) is 0 Å². The first kappa shape index (κ1) is 8.48. The molecular formula is C6H10SSe. The standard InChI is InChI=1S/C6H10SSe/c1-3-4-5-6(8)7-2/h3H,1,4-5H2,2H3. The number of hydrogen-bond acceptors (Lipinski definition) is 1. The van der Waals surface area contributed by atoms with Gasteiger partial charge in [-0.05, 0) is 0 Å². The van der Waals surface area contributed by atoms with Gasteiger partial charge in [-0.3, -0.25) is 0 Å². The van der Waals surface area contributed by atoms with Gasteiger partial charge in [-0.15, -0.1) is 0 Å². The molecule has 0 amide bonds. The number of rotatable bonds is 4. The quantitative estimate of drug-likeness (QED) is 0.483. The van der Waals surface area contributed by atoms with Crippen molar-refractivity contribution in [2.75, 3.05) is 6.26 Å². The summed E-state index contributed by atoms with van der Waals surface area (Å²) in [6, 6.07) is 0. The van der Waals surface area contributed by atoms with Crippen LogP contribution in [-0.2, 0) is 0 Å². The molecule has 0 fully saturated rings. The minimum absolute atomic E-state index is 1.09. The molecule has 46 valence electrons. The van der Waals surface area contributed by atoms with Gasteiger partial charge in [-0.2, -0.15) is 0 Å². The molecule has 0 aromatic rings. The predicted molar refractivity (Wildman–Crippen MR) is 43.7 cm³/mol. The second kappa shape index (κ2) is 5.61. The second-order valence-corrected chi connectivity index (χ2v) is 3.92. The number of allylic oxidation sites excluding steroid dienone is 1. The summed E-state index contributed by atoms with van der Waals surface area (Å²) >= 11 is 4.77. The van der Waals surface area contributed by atoms with Crippen LogP contribution in [0.4, 0.5) is 0 Å². The van der Waals surface area contributed by atoms with Crippen LogP contribution >= 0.6 is 11.8 Å². The van der Waals surface area contributed by atoms with Gasteiger partial charge >= 0.3 is 62.8 Å². The van der Waals surface area contributed by atoms with Crippen molar-refractivity contribution in [3.8, 4) is 0 Å². The molecule has 0 saturated heterocycles. The fraction of sp³-hybridized carbons (Fsp3) is 0.500. The zero-order valence-electron chi connectivity index (χ0n) is 5.02. The first-order chi connectivity index (χ1) is 3.81. The van der Waals surface area contributed by atoms with E-state index in [1.807, 2.05) is 6.08 Å². The molecule has 0 heterocycles. The zero-order chi connectivity index (χ0) is 6.41. The Bertz CT molecular complexity index is 88.5. The SMILES string of the molecule is C=CCCC(=[Se])SC. The first-order valence-electron chi connectivity index (χ1n) is 2.49. The summed E-state index contributed by atoms with van der Waals surface area (Å²) in [6.07, 6.45) is 6.23. The normalized spacial score (nSPS) is 8.62. The fourth-order valence-corrected chi connectivity index (χ4v) is 0.891. The van der Waals surface area contributed by atoms with Crippen LogP contribution in [0.2, 0.25) is 0 Å². The molecule has 0 atom stereocenters. The summed E-state index contributed by atoms with van der Waals surface area (Å²) < 4.78 is 1.37. The maximum atomic E-state index is 3.63. The molecule has 0 spiro atoms. The third kappa shape index (κ3) is 4.63. The number of hydrogen-bond donors (Lipinski definition) is 0. The molecule has 0 unspecified atom stereocenters. The molecule has 2 heteroatoms. The van der Waals surface area contributed by atoms with E-state index in [4.69, 9.17) is 0 Å². The summed E-state index contributed by atoms with van der Waals surface area (Å²) in [5.41, 5.74) is 0. The van der Waals surface area contributed by atoms with Crippen LogP contribution in [0.1, 0.15) is 12.8 Å². The van der Waals surface area contributed by atoms with Crippen molar-refractivity contribution in [2.45, 2.75) is 12.8 Å². The molecule has 0 radical (unpaired) electrons. The molecule has 0 aromatic heterocycles. The summed E-state index contributed by atoms with van der Waals surface area (Å²) in [4.78, 5) is 0. The Morgan fingerprint density at radius 1 is 1.88 bits per heavy atom. The summed E-state index contributed by atoms with van der Waals surface area (Å²) in [6.45, 7) is 3.63. The average Bonchev–Trinajstić information content (AvgIpc) is 1.83. The molecule has 0 aliphatic rings. The molecule has 0 aliphatic carbocycles. The topological polar surface area (TPSA) is 0 Å². The van der Waals surface area contributed by atoms with E-state index >= 15 is 0 Å². The van der Waals surface area contributed by atoms with Gasteiger partial charge in [0, 0.05) is 0 Å². The Kier molecular flexibility index (Phi) is 5.95. The molecule has 0 aromatic carbocycles. The molecule has 0 aliphatic heterocycles. The summed E-state index contributed by atoms with van der Waals surface area (Å²) in [5, 5.41) is 0. The van der Waals surface area contributed by atoms with E-state index in [9.17, 15) is 0 Å². The number of thioether (sulfide) groups is 1. The van der Waals surface area contributed by atoms with Crippen molar-refractivity contribution in [1.82, 2.24) is 0 Å². The Morgan fingerprint density at radius 2 is 2.50 bits per heavy atom. The third-order valence-electron chi connectivity index (χ3n) is 0.780. The van der Waals surface area contributed by atoms with Crippen molar-refractivity contribution in [3.05, 3.63) is 12.7 Å². The van der Waals surface area contributed by atoms with Crippen molar-refractivity contribution in [1.29, 1.82) is 0 Å².